The van der Waals surface area contributed by atoms with Crippen LogP contribution in [0.3, 0.4) is 0 Å². The molecular formula is C11H22N2O. The van der Waals surface area contributed by atoms with Gasteiger partial charge in [0, 0.05) is 19.0 Å². The van der Waals surface area contributed by atoms with Gasteiger partial charge in [-0.05, 0) is 24.8 Å². The quantitative estimate of drug-likeness (QED) is 0.717. The third kappa shape index (κ3) is 4.61. The predicted molar refractivity (Wildman–Crippen MR) is 58.1 cm³/mol. The number of hydrogen-bond acceptors (Lipinski definition) is 2. The average molecular weight is 198 g/mol. The van der Waals surface area contributed by atoms with Crippen LogP contribution < -0.4 is 10.6 Å². The van der Waals surface area contributed by atoms with Crippen molar-refractivity contribution in [2.45, 2.75) is 46.1 Å². The molecule has 82 valence electrons. The number of nitrogens with one attached hydrogen (secondary N) is 2. The molecule has 2 N–H and O–H groups in total. The van der Waals surface area contributed by atoms with Crippen LogP contribution in [0.4, 0.5) is 0 Å². The fraction of sp³-hybridized carbons (Fsp3) is 0.909. The van der Waals surface area contributed by atoms with Gasteiger partial charge in [-0.2, -0.15) is 0 Å². The van der Waals surface area contributed by atoms with Crippen LogP contribution in [0.25, 0.3) is 0 Å². The van der Waals surface area contributed by atoms with E-state index in [1.54, 1.807) is 0 Å². The van der Waals surface area contributed by atoms with Crippen molar-refractivity contribution in [1.29, 1.82) is 0 Å². The van der Waals surface area contributed by atoms with E-state index in [1.807, 2.05) is 0 Å². The highest BCUT2D eigenvalue weighted by atomic mass is 16.1. The van der Waals surface area contributed by atoms with E-state index in [1.165, 1.54) is 6.42 Å². The summed E-state index contributed by atoms with van der Waals surface area (Å²) in [7, 11) is 0. The molecule has 0 aromatic rings. The molecule has 1 aliphatic heterocycles. The second kappa shape index (κ2) is 4.78. The minimum absolute atomic E-state index is 0.179. The van der Waals surface area contributed by atoms with Crippen molar-refractivity contribution in [3.63, 3.8) is 0 Å². The average Bonchev–Trinajstić information content (AvgIpc) is 2.52. The smallest absolute Gasteiger partial charge is 0.221 e. The monoisotopic (exact) mass is 198 g/mol. The van der Waals surface area contributed by atoms with Gasteiger partial charge in [-0.1, -0.05) is 20.8 Å². The van der Waals surface area contributed by atoms with Gasteiger partial charge < -0.3 is 10.6 Å². The van der Waals surface area contributed by atoms with Gasteiger partial charge >= 0.3 is 0 Å². The van der Waals surface area contributed by atoms with E-state index in [0.717, 1.165) is 19.5 Å². The minimum Gasteiger partial charge on any atom is -0.356 e. The van der Waals surface area contributed by atoms with Crippen molar-refractivity contribution < 1.29 is 4.79 Å². The summed E-state index contributed by atoms with van der Waals surface area (Å²) < 4.78 is 0. The lowest BCUT2D eigenvalue weighted by Crippen LogP contribution is -2.36. The van der Waals surface area contributed by atoms with Crippen LogP contribution >= 0.6 is 0 Å². The second-order valence-electron chi connectivity index (χ2n) is 5.33. The Morgan fingerprint density at radius 2 is 2.21 bits per heavy atom. The highest BCUT2D eigenvalue weighted by Crippen LogP contribution is 2.11. The number of hydrogen-bond donors (Lipinski definition) is 2. The van der Waals surface area contributed by atoms with Crippen LogP contribution in [-0.2, 0) is 4.79 Å². The predicted octanol–water partition coefficient (Wildman–Crippen LogP) is 1.29. The number of rotatable bonds is 3. The Bertz CT molecular complexity index is 190. The molecule has 1 heterocycles. The van der Waals surface area contributed by atoms with E-state index in [-0.39, 0.29) is 11.3 Å². The molecule has 0 aliphatic carbocycles. The molecule has 3 nitrogen and oxygen atoms in total. The molecular weight excluding hydrogens is 176 g/mol. The largest absolute Gasteiger partial charge is 0.356 e. The van der Waals surface area contributed by atoms with Gasteiger partial charge in [0.05, 0.1) is 0 Å². The van der Waals surface area contributed by atoms with Crippen molar-refractivity contribution in [3.8, 4) is 0 Å². The third-order valence-electron chi connectivity index (χ3n) is 2.41. The lowest BCUT2D eigenvalue weighted by atomic mass is 9.97. The van der Waals surface area contributed by atoms with Crippen molar-refractivity contribution >= 4 is 5.91 Å². The second-order valence-corrected chi connectivity index (χ2v) is 5.33. The Labute approximate surface area is 86.6 Å². The van der Waals surface area contributed by atoms with Gasteiger partial charge in [0.2, 0.25) is 5.91 Å². The summed E-state index contributed by atoms with van der Waals surface area (Å²) in [4.78, 5) is 11.5. The molecule has 0 radical (unpaired) electrons. The molecule has 1 unspecified atom stereocenters. The van der Waals surface area contributed by atoms with Crippen molar-refractivity contribution in [1.82, 2.24) is 10.6 Å². The van der Waals surface area contributed by atoms with Crippen LogP contribution in [-0.4, -0.2) is 25.0 Å². The maximum Gasteiger partial charge on any atom is 0.221 e. The maximum atomic E-state index is 11.5. The highest BCUT2D eigenvalue weighted by Gasteiger charge is 2.18. The maximum absolute atomic E-state index is 11.5. The molecule has 3 heteroatoms. The first-order chi connectivity index (χ1) is 6.47. The van der Waals surface area contributed by atoms with Gasteiger partial charge in [-0.25, -0.2) is 0 Å². The van der Waals surface area contributed by atoms with Crippen molar-refractivity contribution in [3.05, 3.63) is 0 Å². The molecule has 0 saturated carbocycles. The first kappa shape index (κ1) is 11.5. The molecule has 1 saturated heterocycles. The third-order valence-corrected chi connectivity index (χ3v) is 2.41. The Balaban J connectivity index is 2.15. The summed E-state index contributed by atoms with van der Waals surface area (Å²) in [5.41, 5.74) is 0.179. The van der Waals surface area contributed by atoms with Crippen LogP contribution in [0.5, 0.6) is 0 Å². The van der Waals surface area contributed by atoms with Crippen LogP contribution in [0, 0.1) is 5.41 Å². The fourth-order valence-corrected chi connectivity index (χ4v) is 1.59. The zero-order valence-corrected chi connectivity index (χ0v) is 9.52. The van der Waals surface area contributed by atoms with Crippen LogP contribution in [0.1, 0.15) is 40.0 Å². The van der Waals surface area contributed by atoms with Gasteiger partial charge in [0.25, 0.3) is 0 Å². The number of amides is 1. The fourth-order valence-electron chi connectivity index (χ4n) is 1.59. The lowest BCUT2D eigenvalue weighted by Gasteiger charge is -2.19. The SMILES string of the molecule is CC(C)(C)CNC(=O)CC1CCCN1. The molecule has 1 atom stereocenters. The summed E-state index contributed by atoms with van der Waals surface area (Å²) >= 11 is 0. The summed E-state index contributed by atoms with van der Waals surface area (Å²) in [5.74, 6) is 0.180. The standard InChI is InChI=1S/C11H22N2O/c1-11(2,3)8-13-10(14)7-9-5-4-6-12-9/h9,12H,4-8H2,1-3H3,(H,13,14). The molecule has 1 amide bonds. The summed E-state index contributed by atoms with van der Waals surface area (Å²) in [6, 6.07) is 0.412. The summed E-state index contributed by atoms with van der Waals surface area (Å²) in [5, 5.41) is 6.29. The molecule has 1 fully saturated rings. The Hall–Kier alpha value is -0.570. The van der Waals surface area contributed by atoms with E-state index < -0.39 is 0 Å². The Morgan fingerprint density at radius 1 is 1.50 bits per heavy atom. The summed E-state index contributed by atoms with van der Waals surface area (Å²) in [6.45, 7) is 8.21. The number of carbonyl (C=O) groups is 1. The van der Waals surface area contributed by atoms with Gasteiger partial charge in [0.15, 0.2) is 0 Å². The van der Waals surface area contributed by atoms with Gasteiger partial charge in [-0.15, -0.1) is 0 Å². The lowest BCUT2D eigenvalue weighted by molar-refractivity contribution is -0.121. The van der Waals surface area contributed by atoms with Gasteiger partial charge in [0.1, 0.15) is 0 Å². The Morgan fingerprint density at radius 3 is 2.71 bits per heavy atom. The molecule has 0 spiro atoms. The molecule has 0 aromatic carbocycles. The zero-order chi connectivity index (χ0) is 10.6. The van der Waals surface area contributed by atoms with Crippen LogP contribution in [0.15, 0.2) is 0 Å². The minimum atomic E-state index is 0.179. The number of carbonyl (C=O) groups excluding carboxylic acids is 1. The molecule has 0 aromatic heterocycles. The first-order valence-electron chi connectivity index (χ1n) is 5.47. The normalized spacial score (nSPS) is 22.4. The van der Waals surface area contributed by atoms with Crippen LogP contribution in [0.2, 0.25) is 0 Å². The van der Waals surface area contributed by atoms with E-state index in [2.05, 4.69) is 31.4 Å². The Kier molecular flexibility index (Phi) is 3.93. The molecule has 1 rings (SSSR count). The summed E-state index contributed by atoms with van der Waals surface area (Å²) in [6.07, 6.45) is 2.98. The molecule has 1 aliphatic rings. The molecule has 14 heavy (non-hydrogen) atoms. The van der Waals surface area contributed by atoms with E-state index >= 15 is 0 Å². The van der Waals surface area contributed by atoms with E-state index in [9.17, 15) is 4.79 Å². The zero-order valence-electron chi connectivity index (χ0n) is 9.52. The topological polar surface area (TPSA) is 41.1 Å². The van der Waals surface area contributed by atoms with Gasteiger partial charge in [-0.3, -0.25) is 4.79 Å². The van der Waals surface area contributed by atoms with E-state index in [0.29, 0.717) is 12.5 Å². The first-order valence-corrected chi connectivity index (χ1v) is 5.47. The van der Waals surface area contributed by atoms with Crippen molar-refractivity contribution in [2.75, 3.05) is 13.1 Å². The highest BCUT2D eigenvalue weighted by molar-refractivity contribution is 5.76. The molecule has 0 bridgehead atoms. The van der Waals surface area contributed by atoms with Crippen molar-refractivity contribution in [2.24, 2.45) is 5.41 Å². The van der Waals surface area contributed by atoms with E-state index in [4.69, 9.17) is 0 Å².